The molecule has 0 aromatic carbocycles. The summed E-state index contributed by atoms with van der Waals surface area (Å²) >= 11 is 0. The first kappa shape index (κ1) is 18.2. The Kier molecular flexibility index (Phi) is 7.04. The molecule has 0 bridgehead atoms. The van der Waals surface area contributed by atoms with Crippen molar-refractivity contribution in [3.05, 3.63) is 12.2 Å². The number of carbonyl (C=O) groups is 3. The first-order valence-corrected chi connectivity index (χ1v) is 7.33. The molecule has 7 nitrogen and oxygen atoms in total. The molecule has 1 aliphatic carbocycles. The van der Waals surface area contributed by atoms with Crippen LogP contribution in [0, 0.1) is 11.8 Å². The summed E-state index contributed by atoms with van der Waals surface area (Å²) in [5.74, 6) is -4.10. The maximum atomic E-state index is 11.3. The number of hydrogen-bond donors (Lipinski definition) is 3. The van der Waals surface area contributed by atoms with Gasteiger partial charge in [-0.25, -0.2) is 0 Å². The molecular formula is C15H23NO6. The second-order valence-corrected chi connectivity index (χ2v) is 5.59. The molecule has 0 spiro atoms. The number of carboxylic acid groups (broad SMARTS) is 2. The Balaban J connectivity index is 2.30. The molecule has 7 heteroatoms. The topological polar surface area (TPSA) is 113 Å². The van der Waals surface area contributed by atoms with Gasteiger partial charge in [-0.1, -0.05) is 6.58 Å². The molecule has 1 rings (SSSR count). The van der Waals surface area contributed by atoms with Gasteiger partial charge in [0.05, 0.1) is 17.9 Å². The summed E-state index contributed by atoms with van der Waals surface area (Å²) in [7, 11) is 0. The molecule has 1 saturated carbocycles. The largest absolute Gasteiger partial charge is 0.481 e. The minimum Gasteiger partial charge on any atom is -0.481 e. The number of rotatable bonds is 8. The van der Waals surface area contributed by atoms with Crippen LogP contribution in [0.5, 0.6) is 0 Å². The molecule has 3 N–H and O–H groups in total. The van der Waals surface area contributed by atoms with E-state index >= 15 is 0 Å². The predicted octanol–water partition coefficient (Wildman–Crippen LogP) is 1.04. The van der Waals surface area contributed by atoms with E-state index in [0.717, 1.165) is 0 Å². The second kappa shape index (κ2) is 8.53. The molecular weight excluding hydrogens is 290 g/mol. The summed E-state index contributed by atoms with van der Waals surface area (Å²) in [6.45, 7) is 6.00. The van der Waals surface area contributed by atoms with Crippen molar-refractivity contribution in [2.75, 3.05) is 13.2 Å². The van der Waals surface area contributed by atoms with Gasteiger partial charge in [0.1, 0.15) is 0 Å². The van der Waals surface area contributed by atoms with Crippen molar-refractivity contribution in [2.45, 2.75) is 38.7 Å². The zero-order chi connectivity index (χ0) is 16.7. The summed E-state index contributed by atoms with van der Waals surface area (Å²) in [6, 6.07) is 0. The zero-order valence-electron chi connectivity index (χ0n) is 12.7. The van der Waals surface area contributed by atoms with Gasteiger partial charge in [-0.05, 0) is 32.6 Å². The Morgan fingerprint density at radius 1 is 1.18 bits per heavy atom. The summed E-state index contributed by atoms with van der Waals surface area (Å²) < 4.78 is 5.60. The van der Waals surface area contributed by atoms with Crippen molar-refractivity contribution >= 4 is 17.8 Å². The van der Waals surface area contributed by atoms with Crippen LogP contribution in [0.4, 0.5) is 0 Å². The van der Waals surface area contributed by atoms with Gasteiger partial charge in [-0.2, -0.15) is 0 Å². The number of amides is 1. The van der Waals surface area contributed by atoms with Gasteiger partial charge in [-0.3, -0.25) is 14.4 Å². The molecule has 1 aliphatic rings. The molecule has 1 amide bonds. The molecule has 0 radical (unpaired) electrons. The lowest BCUT2D eigenvalue weighted by Gasteiger charge is -2.31. The van der Waals surface area contributed by atoms with Crippen LogP contribution in [0.3, 0.4) is 0 Å². The third kappa shape index (κ3) is 5.48. The fourth-order valence-electron chi connectivity index (χ4n) is 2.53. The highest BCUT2D eigenvalue weighted by Crippen LogP contribution is 2.32. The third-order valence-corrected chi connectivity index (χ3v) is 3.78. The Bertz CT molecular complexity index is 447. The summed E-state index contributed by atoms with van der Waals surface area (Å²) in [5.41, 5.74) is 0.442. The molecule has 124 valence electrons. The monoisotopic (exact) mass is 313 g/mol. The second-order valence-electron chi connectivity index (χ2n) is 5.59. The van der Waals surface area contributed by atoms with Crippen molar-refractivity contribution < 1.29 is 29.3 Å². The number of carbonyl (C=O) groups excluding carboxylic acids is 1. The van der Waals surface area contributed by atoms with Crippen LogP contribution < -0.4 is 5.32 Å². The molecule has 0 saturated heterocycles. The van der Waals surface area contributed by atoms with Crippen molar-refractivity contribution in [1.82, 2.24) is 5.32 Å². The molecule has 22 heavy (non-hydrogen) atoms. The molecule has 3 unspecified atom stereocenters. The maximum Gasteiger partial charge on any atom is 0.307 e. The van der Waals surface area contributed by atoms with Crippen LogP contribution in [-0.4, -0.2) is 47.3 Å². The van der Waals surface area contributed by atoms with Gasteiger partial charge >= 0.3 is 11.9 Å². The van der Waals surface area contributed by atoms with Crippen LogP contribution in [0.1, 0.15) is 32.6 Å². The van der Waals surface area contributed by atoms with Crippen LogP contribution >= 0.6 is 0 Å². The lowest BCUT2D eigenvalue weighted by Crippen LogP contribution is -2.38. The minimum absolute atomic E-state index is 0.201. The first-order chi connectivity index (χ1) is 10.3. The number of hydrogen-bond acceptors (Lipinski definition) is 4. The van der Waals surface area contributed by atoms with Gasteiger partial charge < -0.3 is 20.3 Å². The van der Waals surface area contributed by atoms with E-state index in [9.17, 15) is 14.4 Å². The van der Waals surface area contributed by atoms with E-state index in [1.54, 1.807) is 6.92 Å². The predicted molar refractivity (Wildman–Crippen MR) is 78.3 cm³/mol. The summed E-state index contributed by atoms with van der Waals surface area (Å²) in [6.07, 6.45) is 1.43. The van der Waals surface area contributed by atoms with Crippen LogP contribution in [0.2, 0.25) is 0 Å². The fraction of sp³-hybridized carbons (Fsp3) is 0.667. The highest BCUT2D eigenvalue weighted by Gasteiger charge is 2.39. The molecule has 0 heterocycles. The standard InChI is InChI=1S/C15H23NO6/c1-9(2)13(17)16-6-3-7-22-10-4-5-11(14(18)19)12(8-10)15(20)21/h10-12H,1,3-8H2,2H3,(H,16,17)(H,18,19)(H,20,21). The summed E-state index contributed by atoms with van der Waals surface area (Å²) in [5, 5.41) is 20.8. The van der Waals surface area contributed by atoms with Crippen molar-refractivity contribution in [3.63, 3.8) is 0 Å². The normalized spacial score (nSPS) is 24.5. The number of carboxylic acids is 2. The SMILES string of the molecule is C=C(C)C(=O)NCCCOC1CCC(C(=O)O)C(C(=O)O)C1. The van der Waals surface area contributed by atoms with Crippen LogP contribution in [-0.2, 0) is 19.1 Å². The lowest BCUT2D eigenvalue weighted by molar-refractivity contribution is -0.158. The maximum absolute atomic E-state index is 11.3. The molecule has 0 aliphatic heterocycles. The first-order valence-electron chi connectivity index (χ1n) is 7.33. The van der Waals surface area contributed by atoms with Gasteiger partial charge in [-0.15, -0.1) is 0 Å². The molecule has 3 atom stereocenters. The quantitative estimate of drug-likeness (QED) is 0.456. The fourth-order valence-corrected chi connectivity index (χ4v) is 2.53. The third-order valence-electron chi connectivity index (χ3n) is 3.78. The smallest absolute Gasteiger partial charge is 0.307 e. The number of aliphatic carboxylic acids is 2. The van der Waals surface area contributed by atoms with E-state index < -0.39 is 23.8 Å². The number of nitrogens with one attached hydrogen (secondary N) is 1. The highest BCUT2D eigenvalue weighted by atomic mass is 16.5. The lowest BCUT2D eigenvalue weighted by atomic mass is 9.78. The molecule has 1 fully saturated rings. The Hall–Kier alpha value is -1.89. The highest BCUT2D eigenvalue weighted by molar-refractivity contribution is 5.92. The van der Waals surface area contributed by atoms with E-state index in [0.29, 0.717) is 38.0 Å². The van der Waals surface area contributed by atoms with E-state index in [2.05, 4.69) is 11.9 Å². The average molecular weight is 313 g/mol. The van der Waals surface area contributed by atoms with E-state index in [1.807, 2.05) is 0 Å². The Morgan fingerprint density at radius 3 is 2.36 bits per heavy atom. The van der Waals surface area contributed by atoms with Gasteiger partial charge in [0.2, 0.25) is 5.91 Å². The van der Waals surface area contributed by atoms with Crippen molar-refractivity contribution in [3.8, 4) is 0 Å². The average Bonchev–Trinajstić information content (AvgIpc) is 2.46. The van der Waals surface area contributed by atoms with Crippen molar-refractivity contribution in [1.29, 1.82) is 0 Å². The molecule has 0 aromatic heterocycles. The van der Waals surface area contributed by atoms with Crippen LogP contribution in [0.15, 0.2) is 12.2 Å². The van der Waals surface area contributed by atoms with E-state index in [4.69, 9.17) is 14.9 Å². The zero-order valence-corrected chi connectivity index (χ0v) is 12.7. The van der Waals surface area contributed by atoms with Gasteiger partial charge in [0.15, 0.2) is 0 Å². The van der Waals surface area contributed by atoms with Gasteiger partial charge in [0, 0.05) is 18.7 Å². The Labute approximate surface area is 129 Å². The minimum atomic E-state index is -1.09. The van der Waals surface area contributed by atoms with E-state index in [1.165, 1.54) is 0 Å². The van der Waals surface area contributed by atoms with Crippen molar-refractivity contribution in [2.24, 2.45) is 11.8 Å². The summed E-state index contributed by atoms with van der Waals surface area (Å²) in [4.78, 5) is 33.5. The van der Waals surface area contributed by atoms with Crippen LogP contribution in [0.25, 0.3) is 0 Å². The number of ether oxygens (including phenoxy) is 1. The van der Waals surface area contributed by atoms with Gasteiger partial charge in [0.25, 0.3) is 0 Å². The Morgan fingerprint density at radius 2 is 1.82 bits per heavy atom. The van der Waals surface area contributed by atoms with E-state index in [-0.39, 0.29) is 18.4 Å². The molecule has 0 aromatic rings.